The van der Waals surface area contributed by atoms with Gasteiger partial charge in [0.2, 0.25) is 0 Å². The van der Waals surface area contributed by atoms with E-state index < -0.39 is 0 Å². The number of rotatable bonds is 6. The molecule has 0 aromatic heterocycles. The van der Waals surface area contributed by atoms with E-state index in [0.29, 0.717) is 6.61 Å². The van der Waals surface area contributed by atoms with Gasteiger partial charge in [-0.3, -0.25) is 0 Å². The van der Waals surface area contributed by atoms with Gasteiger partial charge >= 0.3 is 5.97 Å². The van der Waals surface area contributed by atoms with Crippen LogP contribution in [0.5, 0.6) is 0 Å². The van der Waals surface area contributed by atoms with Crippen molar-refractivity contribution >= 4 is 17.7 Å². The second kappa shape index (κ2) is 7.27. The lowest BCUT2D eigenvalue weighted by molar-refractivity contribution is -0.137. The maximum Gasteiger partial charge on any atom is 0.330 e. The Labute approximate surface area is 113 Å². The minimum absolute atomic E-state index is 0.0345. The Morgan fingerprint density at radius 2 is 2.00 bits per heavy atom. The van der Waals surface area contributed by atoms with Crippen LogP contribution in [0.2, 0.25) is 0 Å². The quantitative estimate of drug-likeness (QED) is 0.442. The number of carbonyl (C=O) groups is 1. The van der Waals surface area contributed by atoms with E-state index in [9.17, 15) is 4.79 Å². The third-order valence-corrected chi connectivity index (χ3v) is 3.81. The molecular weight excluding hydrogens is 244 g/mol. The molecule has 98 valence electrons. The first kappa shape index (κ1) is 14.8. The van der Waals surface area contributed by atoms with Crippen molar-refractivity contribution in [3.05, 3.63) is 42.5 Å². The van der Waals surface area contributed by atoms with E-state index in [1.807, 2.05) is 31.2 Å². The fourth-order valence-electron chi connectivity index (χ4n) is 1.32. The molecule has 1 aromatic carbocycles. The van der Waals surface area contributed by atoms with Crippen LogP contribution in [0.15, 0.2) is 47.4 Å². The largest absolute Gasteiger partial charge is 0.463 e. The maximum absolute atomic E-state index is 11.2. The highest BCUT2D eigenvalue weighted by atomic mass is 32.2. The Morgan fingerprint density at radius 3 is 2.61 bits per heavy atom. The molecule has 18 heavy (non-hydrogen) atoms. The second-order valence-electron chi connectivity index (χ2n) is 4.68. The predicted molar refractivity (Wildman–Crippen MR) is 76.7 cm³/mol. The molecule has 0 bridgehead atoms. The number of esters is 1. The van der Waals surface area contributed by atoms with Gasteiger partial charge in [0.05, 0.1) is 6.61 Å². The van der Waals surface area contributed by atoms with E-state index in [2.05, 4.69) is 26.0 Å². The molecule has 0 saturated heterocycles. The molecule has 0 radical (unpaired) electrons. The summed E-state index contributed by atoms with van der Waals surface area (Å²) < 4.78 is 4.87. The van der Waals surface area contributed by atoms with E-state index in [1.165, 1.54) is 11.0 Å². The average molecular weight is 264 g/mol. The number of hydrogen-bond acceptors (Lipinski definition) is 3. The summed E-state index contributed by atoms with van der Waals surface area (Å²) in [4.78, 5) is 12.5. The molecule has 0 heterocycles. The number of hydrogen-bond donors (Lipinski definition) is 0. The lowest BCUT2D eigenvalue weighted by atomic mass is 9.96. The first-order valence-corrected chi connectivity index (χ1v) is 7.06. The second-order valence-corrected chi connectivity index (χ2v) is 5.72. The minimum Gasteiger partial charge on any atom is -0.463 e. The van der Waals surface area contributed by atoms with Crippen LogP contribution in [0.25, 0.3) is 0 Å². The van der Waals surface area contributed by atoms with Crippen LogP contribution < -0.4 is 0 Å². The zero-order valence-electron chi connectivity index (χ0n) is 11.2. The van der Waals surface area contributed by atoms with E-state index in [1.54, 1.807) is 11.8 Å². The van der Waals surface area contributed by atoms with Gasteiger partial charge in [-0.25, -0.2) is 4.79 Å². The third-order valence-electron chi connectivity index (χ3n) is 2.31. The molecule has 0 unspecified atom stereocenters. The molecule has 1 aromatic rings. The van der Waals surface area contributed by atoms with E-state index in [-0.39, 0.29) is 11.4 Å². The van der Waals surface area contributed by atoms with E-state index in [4.69, 9.17) is 4.74 Å². The molecule has 0 spiro atoms. The molecule has 0 N–H and O–H groups in total. The molecule has 0 atom stereocenters. The number of benzene rings is 1. The Hall–Kier alpha value is -1.22. The first-order chi connectivity index (χ1) is 8.53. The van der Waals surface area contributed by atoms with Crippen LogP contribution in [-0.2, 0) is 9.53 Å². The molecular formula is C15H20O2S. The Balaban J connectivity index is 2.47. The fourth-order valence-corrected chi connectivity index (χ4v) is 2.30. The molecule has 3 heteroatoms. The Bertz CT molecular complexity index is 396. The van der Waals surface area contributed by atoms with Gasteiger partial charge in [0, 0.05) is 16.7 Å². The number of thioether (sulfide) groups is 1. The van der Waals surface area contributed by atoms with Gasteiger partial charge in [0.25, 0.3) is 0 Å². The van der Waals surface area contributed by atoms with E-state index >= 15 is 0 Å². The van der Waals surface area contributed by atoms with Crippen molar-refractivity contribution in [3.63, 3.8) is 0 Å². The summed E-state index contributed by atoms with van der Waals surface area (Å²) in [7, 11) is 0. The minimum atomic E-state index is -0.268. The highest BCUT2D eigenvalue weighted by Gasteiger charge is 2.15. The van der Waals surface area contributed by atoms with Crippen LogP contribution in [0.1, 0.15) is 20.8 Å². The summed E-state index contributed by atoms with van der Waals surface area (Å²) in [6.07, 6.45) is 3.44. The number of allylic oxidation sites excluding steroid dienone is 1. The van der Waals surface area contributed by atoms with Crippen LogP contribution in [-0.4, -0.2) is 18.3 Å². The van der Waals surface area contributed by atoms with Crippen LogP contribution in [0.3, 0.4) is 0 Å². The molecule has 0 aliphatic rings. The van der Waals surface area contributed by atoms with Gasteiger partial charge in [-0.05, 0) is 24.5 Å². The third kappa shape index (κ3) is 5.92. The zero-order valence-corrected chi connectivity index (χ0v) is 12.0. The number of carbonyl (C=O) groups excluding carboxylic acids is 1. The average Bonchev–Trinajstić information content (AvgIpc) is 2.36. The molecule has 1 rings (SSSR count). The van der Waals surface area contributed by atoms with Gasteiger partial charge < -0.3 is 4.74 Å². The van der Waals surface area contributed by atoms with Crippen LogP contribution in [0.4, 0.5) is 0 Å². The van der Waals surface area contributed by atoms with E-state index in [0.717, 1.165) is 5.75 Å². The molecule has 0 aliphatic heterocycles. The predicted octanol–water partition coefficient (Wildman–Crippen LogP) is 3.92. The van der Waals surface area contributed by atoms with Crippen molar-refractivity contribution < 1.29 is 9.53 Å². The van der Waals surface area contributed by atoms with Crippen molar-refractivity contribution in [1.29, 1.82) is 0 Å². The van der Waals surface area contributed by atoms with Crippen molar-refractivity contribution in [2.45, 2.75) is 25.7 Å². The van der Waals surface area contributed by atoms with Crippen LogP contribution in [0, 0.1) is 5.41 Å². The Kier molecular flexibility index (Phi) is 5.99. The zero-order chi connectivity index (χ0) is 13.4. The SMILES string of the molecule is CCOC(=O)/C=C/C(C)(C)CSc1ccccc1. The normalized spacial score (nSPS) is 11.7. The number of ether oxygens (including phenoxy) is 1. The van der Waals surface area contributed by atoms with Gasteiger partial charge in [-0.2, -0.15) is 0 Å². The molecule has 0 amide bonds. The summed E-state index contributed by atoms with van der Waals surface area (Å²) in [6.45, 7) is 6.45. The van der Waals surface area contributed by atoms with Crippen molar-refractivity contribution in [2.24, 2.45) is 5.41 Å². The lowest BCUT2D eigenvalue weighted by Crippen LogP contribution is -2.12. The summed E-state index contributed by atoms with van der Waals surface area (Å²) in [5, 5.41) is 0. The maximum atomic E-state index is 11.2. The van der Waals surface area contributed by atoms with Crippen molar-refractivity contribution in [2.75, 3.05) is 12.4 Å². The topological polar surface area (TPSA) is 26.3 Å². The van der Waals surface area contributed by atoms with Crippen molar-refractivity contribution in [3.8, 4) is 0 Å². The molecule has 0 fully saturated rings. The van der Waals surface area contributed by atoms with Gasteiger partial charge in [0.1, 0.15) is 0 Å². The highest BCUT2D eigenvalue weighted by molar-refractivity contribution is 7.99. The summed E-state index contributed by atoms with van der Waals surface area (Å²) in [5.41, 5.74) is -0.0345. The standard InChI is InChI=1S/C15H20O2S/c1-4-17-14(16)10-11-15(2,3)12-18-13-8-6-5-7-9-13/h5-11H,4,12H2,1-3H3/b11-10+. The van der Waals surface area contributed by atoms with Gasteiger partial charge in [-0.15, -0.1) is 11.8 Å². The molecule has 2 nitrogen and oxygen atoms in total. The smallest absolute Gasteiger partial charge is 0.330 e. The first-order valence-electron chi connectivity index (χ1n) is 6.07. The summed E-state index contributed by atoms with van der Waals surface area (Å²) in [6, 6.07) is 10.3. The summed E-state index contributed by atoms with van der Waals surface area (Å²) >= 11 is 1.79. The Morgan fingerprint density at radius 1 is 1.33 bits per heavy atom. The molecule has 0 aliphatic carbocycles. The highest BCUT2D eigenvalue weighted by Crippen LogP contribution is 2.28. The van der Waals surface area contributed by atoms with Crippen molar-refractivity contribution in [1.82, 2.24) is 0 Å². The monoisotopic (exact) mass is 264 g/mol. The van der Waals surface area contributed by atoms with Gasteiger partial charge in [-0.1, -0.05) is 38.1 Å². The van der Waals surface area contributed by atoms with Gasteiger partial charge in [0.15, 0.2) is 0 Å². The molecule has 0 saturated carbocycles. The van der Waals surface area contributed by atoms with Crippen LogP contribution >= 0.6 is 11.8 Å². The lowest BCUT2D eigenvalue weighted by Gasteiger charge is -2.19. The summed E-state index contributed by atoms with van der Waals surface area (Å²) in [5.74, 6) is 0.655. The fraction of sp³-hybridized carbons (Fsp3) is 0.400.